The Hall–Kier alpha value is -2.17. The summed E-state index contributed by atoms with van der Waals surface area (Å²) in [7, 11) is 0. The standard InChI is InChI=1S/C19H24N2O2/c1-3-21(13-17(22)15-11-9-14(2)10-12-15)18(19(20)23)16-7-5-4-6-8-16/h4-12,17-18,22H,3,13H2,1-2H3,(H2,20,23). The Morgan fingerprint density at radius 1 is 1.09 bits per heavy atom. The summed E-state index contributed by atoms with van der Waals surface area (Å²) in [4.78, 5) is 13.9. The fourth-order valence-electron chi connectivity index (χ4n) is 2.72. The number of aliphatic hydroxyl groups is 1. The third kappa shape index (κ3) is 4.41. The van der Waals surface area contributed by atoms with Crippen molar-refractivity contribution in [3.05, 3.63) is 71.3 Å². The van der Waals surface area contributed by atoms with Crippen molar-refractivity contribution in [1.82, 2.24) is 4.90 Å². The van der Waals surface area contributed by atoms with Crippen molar-refractivity contribution in [3.8, 4) is 0 Å². The second-order valence-corrected chi connectivity index (χ2v) is 5.73. The van der Waals surface area contributed by atoms with Gasteiger partial charge in [-0.2, -0.15) is 0 Å². The lowest BCUT2D eigenvalue weighted by Gasteiger charge is -2.30. The minimum Gasteiger partial charge on any atom is -0.387 e. The van der Waals surface area contributed by atoms with Gasteiger partial charge in [0.2, 0.25) is 5.91 Å². The van der Waals surface area contributed by atoms with Gasteiger partial charge in [-0.25, -0.2) is 0 Å². The summed E-state index contributed by atoms with van der Waals surface area (Å²) in [5, 5.41) is 10.5. The first-order chi connectivity index (χ1) is 11.0. The highest BCUT2D eigenvalue weighted by atomic mass is 16.3. The molecule has 2 unspecified atom stereocenters. The Labute approximate surface area is 137 Å². The van der Waals surface area contributed by atoms with Crippen LogP contribution in [-0.2, 0) is 4.79 Å². The molecule has 0 saturated carbocycles. The number of hydrogen-bond donors (Lipinski definition) is 2. The molecule has 0 spiro atoms. The molecule has 2 aromatic rings. The molecule has 2 aromatic carbocycles. The first-order valence-corrected chi connectivity index (χ1v) is 7.86. The quantitative estimate of drug-likeness (QED) is 0.826. The zero-order valence-corrected chi connectivity index (χ0v) is 13.6. The predicted octanol–water partition coefficient (Wildman–Crippen LogP) is 2.58. The molecule has 3 N–H and O–H groups in total. The van der Waals surface area contributed by atoms with Gasteiger partial charge in [0.15, 0.2) is 0 Å². The molecule has 0 radical (unpaired) electrons. The molecule has 0 heterocycles. The molecule has 0 fully saturated rings. The van der Waals surface area contributed by atoms with Gasteiger partial charge in [-0.3, -0.25) is 9.69 Å². The van der Waals surface area contributed by atoms with E-state index in [0.29, 0.717) is 13.1 Å². The molecular formula is C19H24N2O2. The summed E-state index contributed by atoms with van der Waals surface area (Å²) >= 11 is 0. The number of aliphatic hydroxyl groups excluding tert-OH is 1. The Balaban J connectivity index is 2.19. The molecule has 2 atom stereocenters. The maximum atomic E-state index is 12.0. The van der Waals surface area contributed by atoms with E-state index in [1.165, 1.54) is 0 Å². The summed E-state index contributed by atoms with van der Waals surface area (Å²) in [5.74, 6) is -0.408. The van der Waals surface area contributed by atoms with Crippen LogP contribution in [0.25, 0.3) is 0 Å². The van der Waals surface area contributed by atoms with Crippen LogP contribution in [0.15, 0.2) is 54.6 Å². The van der Waals surface area contributed by atoms with Crippen molar-refractivity contribution in [2.45, 2.75) is 26.0 Å². The molecule has 0 aromatic heterocycles. The summed E-state index contributed by atoms with van der Waals surface area (Å²) in [5.41, 5.74) is 8.45. The van der Waals surface area contributed by atoms with Gasteiger partial charge in [-0.1, -0.05) is 67.1 Å². The van der Waals surface area contributed by atoms with Gasteiger partial charge in [0, 0.05) is 6.54 Å². The van der Waals surface area contributed by atoms with E-state index in [-0.39, 0.29) is 0 Å². The molecule has 1 amide bonds. The van der Waals surface area contributed by atoms with Crippen molar-refractivity contribution in [2.75, 3.05) is 13.1 Å². The van der Waals surface area contributed by atoms with E-state index < -0.39 is 18.1 Å². The molecule has 23 heavy (non-hydrogen) atoms. The number of hydrogen-bond acceptors (Lipinski definition) is 3. The summed E-state index contributed by atoms with van der Waals surface area (Å²) in [6.45, 7) is 4.93. The minimum atomic E-state index is -0.666. The largest absolute Gasteiger partial charge is 0.387 e. The Morgan fingerprint density at radius 2 is 1.70 bits per heavy atom. The van der Waals surface area contributed by atoms with Crippen molar-refractivity contribution in [1.29, 1.82) is 0 Å². The summed E-state index contributed by atoms with van der Waals surface area (Å²) < 4.78 is 0. The van der Waals surface area contributed by atoms with E-state index >= 15 is 0 Å². The maximum absolute atomic E-state index is 12.0. The van der Waals surface area contributed by atoms with E-state index in [2.05, 4.69) is 0 Å². The van der Waals surface area contributed by atoms with E-state index in [1.54, 1.807) is 0 Å². The van der Waals surface area contributed by atoms with Crippen LogP contribution in [0.5, 0.6) is 0 Å². The molecule has 0 aliphatic heterocycles. The average molecular weight is 312 g/mol. The smallest absolute Gasteiger partial charge is 0.239 e. The molecule has 2 rings (SSSR count). The van der Waals surface area contributed by atoms with E-state index in [4.69, 9.17) is 5.73 Å². The average Bonchev–Trinajstić information content (AvgIpc) is 2.55. The predicted molar refractivity (Wildman–Crippen MR) is 91.8 cm³/mol. The Morgan fingerprint density at radius 3 is 2.22 bits per heavy atom. The SMILES string of the molecule is CCN(CC(O)c1ccc(C)cc1)C(C(N)=O)c1ccccc1. The first kappa shape index (κ1) is 17.2. The van der Waals surface area contributed by atoms with Crippen LogP contribution in [0.4, 0.5) is 0 Å². The van der Waals surface area contributed by atoms with Gasteiger partial charge in [-0.15, -0.1) is 0 Å². The van der Waals surface area contributed by atoms with Crippen LogP contribution in [0.2, 0.25) is 0 Å². The highest BCUT2D eigenvalue weighted by molar-refractivity contribution is 5.81. The second-order valence-electron chi connectivity index (χ2n) is 5.73. The van der Waals surface area contributed by atoms with Crippen LogP contribution < -0.4 is 5.73 Å². The number of carbonyl (C=O) groups is 1. The fraction of sp³-hybridized carbons (Fsp3) is 0.316. The third-order valence-electron chi connectivity index (χ3n) is 4.03. The van der Waals surface area contributed by atoms with Gasteiger partial charge < -0.3 is 10.8 Å². The normalized spacial score (nSPS) is 13.7. The van der Waals surface area contributed by atoms with Crippen LogP contribution in [-0.4, -0.2) is 29.0 Å². The van der Waals surface area contributed by atoms with Crippen molar-refractivity contribution < 1.29 is 9.90 Å². The van der Waals surface area contributed by atoms with Crippen LogP contribution >= 0.6 is 0 Å². The number of carbonyl (C=O) groups excluding carboxylic acids is 1. The number of nitrogens with two attached hydrogens (primary N) is 1. The number of rotatable bonds is 7. The minimum absolute atomic E-state index is 0.349. The molecular weight excluding hydrogens is 288 g/mol. The van der Waals surface area contributed by atoms with E-state index in [0.717, 1.165) is 16.7 Å². The lowest BCUT2D eigenvalue weighted by atomic mass is 10.0. The summed E-state index contributed by atoms with van der Waals surface area (Å²) in [6.07, 6.45) is -0.666. The molecule has 0 saturated heterocycles. The second kappa shape index (κ2) is 7.90. The Bertz CT molecular complexity index is 626. The van der Waals surface area contributed by atoms with Gasteiger partial charge in [0.05, 0.1) is 6.10 Å². The first-order valence-electron chi connectivity index (χ1n) is 7.86. The maximum Gasteiger partial charge on any atom is 0.239 e. The number of nitrogens with zero attached hydrogens (tertiary/aromatic N) is 1. The zero-order chi connectivity index (χ0) is 16.8. The molecule has 0 aliphatic carbocycles. The zero-order valence-electron chi connectivity index (χ0n) is 13.6. The van der Waals surface area contributed by atoms with Crippen molar-refractivity contribution >= 4 is 5.91 Å². The van der Waals surface area contributed by atoms with Gasteiger partial charge in [0.1, 0.15) is 6.04 Å². The third-order valence-corrected chi connectivity index (χ3v) is 4.03. The van der Waals surface area contributed by atoms with Gasteiger partial charge in [-0.05, 0) is 24.6 Å². The van der Waals surface area contributed by atoms with Gasteiger partial charge in [0.25, 0.3) is 0 Å². The van der Waals surface area contributed by atoms with E-state index in [9.17, 15) is 9.90 Å². The van der Waals surface area contributed by atoms with Crippen LogP contribution in [0.1, 0.15) is 35.8 Å². The Kier molecular flexibility index (Phi) is 5.90. The van der Waals surface area contributed by atoms with Crippen molar-refractivity contribution in [3.63, 3.8) is 0 Å². The number of primary amides is 1. The van der Waals surface area contributed by atoms with Crippen LogP contribution in [0, 0.1) is 6.92 Å². The molecule has 0 aliphatic rings. The van der Waals surface area contributed by atoms with E-state index in [1.807, 2.05) is 73.3 Å². The summed E-state index contributed by atoms with van der Waals surface area (Å²) in [6, 6.07) is 16.7. The molecule has 0 bridgehead atoms. The lowest BCUT2D eigenvalue weighted by molar-refractivity contribution is -0.124. The number of benzene rings is 2. The number of likely N-dealkylation sites (N-methyl/N-ethyl adjacent to an activating group) is 1. The number of aryl methyl sites for hydroxylation is 1. The van der Waals surface area contributed by atoms with Gasteiger partial charge >= 0.3 is 0 Å². The highest BCUT2D eigenvalue weighted by Crippen LogP contribution is 2.24. The molecule has 4 heteroatoms. The number of amides is 1. The lowest BCUT2D eigenvalue weighted by Crippen LogP contribution is -2.40. The molecule has 122 valence electrons. The molecule has 4 nitrogen and oxygen atoms in total. The topological polar surface area (TPSA) is 66.6 Å². The van der Waals surface area contributed by atoms with Crippen LogP contribution in [0.3, 0.4) is 0 Å². The van der Waals surface area contributed by atoms with Crippen molar-refractivity contribution in [2.24, 2.45) is 5.73 Å². The monoisotopic (exact) mass is 312 g/mol. The highest BCUT2D eigenvalue weighted by Gasteiger charge is 2.26. The fourth-order valence-corrected chi connectivity index (χ4v) is 2.72.